The Balaban J connectivity index is 1.84. The predicted molar refractivity (Wildman–Crippen MR) is 98.6 cm³/mol. The molecule has 1 aromatic carbocycles. The van der Waals surface area contributed by atoms with Gasteiger partial charge < -0.3 is 19.3 Å². The number of carbonyl (C=O) groups excluding carboxylic acids is 3. The number of ether oxygens (including phenoxy) is 2. The minimum atomic E-state index is -0.469. The van der Waals surface area contributed by atoms with Crippen LogP contribution in [0.15, 0.2) is 30.3 Å². The number of esters is 1. The van der Waals surface area contributed by atoms with Crippen molar-refractivity contribution in [1.82, 2.24) is 9.80 Å². The molecule has 0 aromatic heterocycles. The zero-order valence-electron chi connectivity index (χ0n) is 14.9. The van der Waals surface area contributed by atoms with Crippen LogP contribution in [-0.2, 0) is 30.4 Å². The summed E-state index contributed by atoms with van der Waals surface area (Å²) in [5.41, 5.74) is 0.930. The summed E-state index contributed by atoms with van der Waals surface area (Å²) < 4.78 is 9.90. The lowest BCUT2D eigenvalue weighted by Crippen LogP contribution is -2.42. The molecule has 7 nitrogen and oxygen atoms in total. The maximum atomic E-state index is 12.5. The molecular formula is C18H24N2O5S. The largest absolute Gasteiger partial charge is 0.468 e. The molecule has 0 N–H and O–H groups in total. The quantitative estimate of drug-likeness (QED) is 0.621. The zero-order chi connectivity index (χ0) is 18.8. The van der Waals surface area contributed by atoms with Gasteiger partial charge in [-0.1, -0.05) is 30.3 Å². The van der Waals surface area contributed by atoms with Crippen molar-refractivity contribution in [2.45, 2.75) is 6.54 Å². The van der Waals surface area contributed by atoms with Crippen LogP contribution in [0.1, 0.15) is 5.56 Å². The second-order valence-electron chi connectivity index (χ2n) is 5.80. The molecule has 0 spiro atoms. The van der Waals surface area contributed by atoms with Gasteiger partial charge in [-0.05, 0) is 5.56 Å². The SMILES string of the molecule is COC(=O)CN(Cc1ccccc1)C(=O)CSCC(=O)N1CCOCC1. The molecule has 0 atom stereocenters. The van der Waals surface area contributed by atoms with E-state index < -0.39 is 5.97 Å². The van der Waals surface area contributed by atoms with Gasteiger partial charge in [0.15, 0.2) is 0 Å². The minimum absolute atomic E-state index is 0.00803. The first-order chi connectivity index (χ1) is 12.6. The highest BCUT2D eigenvalue weighted by atomic mass is 32.2. The Morgan fingerprint density at radius 2 is 1.85 bits per heavy atom. The molecule has 0 aliphatic carbocycles. The molecule has 0 unspecified atom stereocenters. The fourth-order valence-electron chi connectivity index (χ4n) is 2.48. The van der Waals surface area contributed by atoms with Gasteiger partial charge in [-0.2, -0.15) is 0 Å². The molecule has 142 valence electrons. The standard InChI is InChI=1S/C18H24N2O5S/c1-24-18(23)12-20(11-15-5-3-2-4-6-15)17(22)14-26-13-16(21)19-7-9-25-10-8-19/h2-6H,7-14H2,1H3. The van der Waals surface area contributed by atoms with E-state index in [1.165, 1.54) is 23.8 Å². The van der Waals surface area contributed by atoms with Gasteiger partial charge in [0.25, 0.3) is 0 Å². The summed E-state index contributed by atoms with van der Waals surface area (Å²) in [6.45, 7) is 2.51. The maximum Gasteiger partial charge on any atom is 0.325 e. The molecule has 1 fully saturated rings. The molecule has 2 amide bonds. The van der Waals surface area contributed by atoms with Gasteiger partial charge in [0.05, 0.1) is 31.8 Å². The zero-order valence-corrected chi connectivity index (χ0v) is 15.7. The first-order valence-corrected chi connectivity index (χ1v) is 9.57. The summed E-state index contributed by atoms with van der Waals surface area (Å²) in [4.78, 5) is 39.4. The van der Waals surface area contributed by atoms with Crippen molar-refractivity contribution in [3.8, 4) is 0 Å². The average Bonchev–Trinajstić information content (AvgIpc) is 2.68. The van der Waals surface area contributed by atoms with Crippen LogP contribution < -0.4 is 0 Å². The van der Waals surface area contributed by atoms with Crippen LogP contribution in [-0.4, -0.2) is 79.0 Å². The van der Waals surface area contributed by atoms with E-state index >= 15 is 0 Å². The molecule has 1 saturated heterocycles. The van der Waals surface area contributed by atoms with Gasteiger partial charge in [0.1, 0.15) is 6.54 Å². The van der Waals surface area contributed by atoms with Gasteiger partial charge in [0, 0.05) is 19.6 Å². The van der Waals surface area contributed by atoms with Crippen LogP contribution in [0.2, 0.25) is 0 Å². The second-order valence-corrected chi connectivity index (χ2v) is 6.78. The molecule has 0 bridgehead atoms. The summed E-state index contributed by atoms with van der Waals surface area (Å²) in [5, 5.41) is 0. The number of hydrogen-bond donors (Lipinski definition) is 0. The molecule has 1 aromatic rings. The third-order valence-electron chi connectivity index (χ3n) is 3.93. The van der Waals surface area contributed by atoms with Gasteiger partial charge in [-0.3, -0.25) is 14.4 Å². The Morgan fingerprint density at radius 3 is 2.50 bits per heavy atom. The number of thioether (sulfide) groups is 1. The van der Waals surface area contributed by atoms with Crippen LogP contribution >= 0.6 is 11.8 Å². The maximum absolute atomic E-state index is 12.5. The van der Waals surface area contributed by atoms with E-state index in [0.29, 0.717) is 32.8 Å². The predicted octanol–water partition coefficient (Wildman–Crippen LogP) is 0.780. The van der Waals surface area contributed by atoms with Gasteiger partial charge in [0.2, 0.25) is 11.8 Å². The molecule has 0 radical (unpaired) electrons. The van der Waals surface area contributed by atoms with E-state index in [-0.39, 0.29) is 29.9 Å². The lowest BCUT2D eigenvalue weighted by atomic mass is 10.2. The molecule has 0 saturated carbocycles. The third-order valence-corrected chi connectivity index (χ3v) is 4.83. The summed E-state index contributed by atoms with van der Waals surface area (Å²) in [7, 11) is 1.29. The van der Waals surface area contributed by atoms with Gasteiger partial charge in [-0.25, -0.2) is 0 Å². The Labute approximate surface area is 157 Å². The van der Waals surface area contributed by atoms with Crippen molar-refractivity contribution < 1.29 is 23.9 Å². The summed E-state index contributed by atoms with van der Waals surface area (Å²) >= 11 is 1.26. The van der Waals surface area contributed by atoms with Crippen molar-refractivity contribution in [3.63, 3.8) is 0 Å². The van der Waals surface area contributed by atoms with E-state index in [2.05, 4.69) is 4.74 Å². The molecule has 26 heavy (non-hydrogen) atoms. The van der Waals surface area contributed by atoms with Crippen LogP contribution in [0.4, 0.5) is 0 Å². The molecule has 1 heterocycles. The molecule has 1 aliphatic rings. The monoisotopic (exact) mass is 380 g/mol. The molecule has 1 aliphatic heterocycles. The van der Waals surface area contributed by atoms with E-state index in [0.717, 1.165) is 5.56 Å². The highest BCUT2D eigenvalue weighted by Gasteiger charge is 2.20. The number of hydrogen-bond acceptors (Lipinski definition) is 6. The number of methoxy groups -OCH3 is 1. The van der Waals surface area contributed by atoms with Crippen LogP contribution in [0.5, 0.6) is 0 Å². The Morgan fingerprint density at radius 1 is 1.15 bits per heavy atom. The number of rotatable bonds is 8. The fraction of sp³-hybridized carbons (Fsp3) is 0.500. The summed E-state index contributed by atoms with van der Waals surface area (Å²) in [6.07, 6.45) is 0. The normalized spacial score (nSPS) is 14.0. The number of amides is 2. The Hall–Kier alpha value is -2.06. The first kappa shape index (κ1) is 20.3. The third kappa shape index (κ3) is 6.68. The van der Waals surface area contributed by atoms with E-state index in [1.54, 1.807) is 4.90 Å². The van der Waals surface area contributed by atoms with Crippen LogP contribution in [0.25, 0.3) is 0 Å². The second kappa shape index (κ2) is 10.8. The van der Waals surface area contributed by atoms with Crippen molar-refractivity contribution in [2.24, 2.45) is 0 Å². The van der Waals surface area contributed by atoms with E-state index in [4.69, 9.17) is 4.74 Å². The number of morpholine rings is 1. The van der Waals surface area contributed by atoms with Gasteiger partial charge >= 0.3 is 5.97 Å². The lowest BCUT2D eigenvalue weighted by molar-refractivity contribution is -0.146. The Bertz CT molecular complexity index is 605. The van der Waals surface area contributed by atoms with Gasteiger partial charge in [-0.15, -0.1) is 11.8 Å². The Kier molecular flexibility index (Phi) is 8.43. The average molecular weight is 380 g/mol. The van der Waals surface area contributed by atoms with E-state index in [9.17, 15) is 14.4 Å². The summed E-state index contributed by atoms with van der Waals surface area (Å²) in [6, 6.07) is 9.44. The fourth-order valence-corrected chi connectivity index (χ4v) is 3.29. The van der Waals surface area contributed by atoms with Crippen LogP contribution in [0.3, 0.4) is 0 Å². The molecule has 8 heteroatoms. The van der Waals surface area contributed by atoms with Crippen LogP contribution in [0, 0.1) is 0 Å². The highest BCUT2D eigenvalue weighted by molar-refractivity contribution is 8.00. The first-order valence-electron chi connectivity index (χ1n) is 8.42. The summed E-state index contributed by atoms with van der Waals surface area (Å²) in [5.74, 6) is -0.278. The molecule has 2 rings (SSSR count). The highest BCUT2D eigenvalue weighted by Crippen LogP contribution is 2.10. The number of benzene rings is 1. The smallest absolute Gasteiger partial charge is 0.325 e. The lowest BCUT2D eigenvalue weighted by Gasteiger charge is -2.27. The topological polar surface area (TPSA) is 76.2 Å². The minimum Gasteiger partial charge on any atom is -0.468 e. The van der Waals surface area contributed by atoms with Crippen molar-refractivity contribution in [2.75, 3.05) is 51.5 Å². The number of carbonyl (C=O) groups is 3. The molecular weight excluding hydrogens is 356 g/mol. The van der Waals surface area contributed by atoms with E-state index in [1.807, 2.05) is 30.3 Å². The number of nitrogens with zero attached hydrogens (tertiary/aromatic N) is 2. The van der Waals surface area contributed by atoms with Crippen molar-refractivity contribution in [3.05, 3.63) is 35.9 Å². The van der Waals surface area contributed by atoms with Crippen molar-refractivity contribution in [1.29, 1.82) is 0 Å². The van der Waals surface area contributed by atoms with Crippen molar-refractivity contribution >= 4 is 29.5 Å².